The number of nitro groups is 1. The minimum Gasteiger partial charge on any atom is -0.490 e. The summed E-state index contributed by atoms with van der Waals surface area (Å²) < 4.78 is 50.9. The molecule has 15 heteroatoms. The molecule has 10 nitrogen and oxygen atoms in total. The molecule has 1 fully saturated rings. The molecule has 218 valence electrons. The van der Waals surface area contributed by atoms with Crippen LogP contribution in [0.2, 0.25) is 5.02 Å². The molecule has 3 aromatic carbocycles. The number of barbiturate groups is 1. The van der Waals surface area contributed by atoms with Gasteiger partial charge in [0.05, 0.1) is 26.4 Å². The highest BCUT2D eigenvalue weighted by Crippen LogP contribution is 2.43. The lowest BCUT2D eigenvalue weighted by Crippen LogP contribution is -2.54. The van der Waals surface area contributed by atoms with Crippen molar-refractivity contribution in [1.29, 1.82) is 0 Å². The number of benzene rings is 3. The van der Waals surface area contributed by atoms with Gasteiger partial charge in [-0.05, 0) is 90.0 Å². The number of imide groups is 2. The molecule has 1 aliphatic heterocycles. The molecule has 0 saturated carbocycles. The maximum absolute atomic E-state index is 13.3. The van der Waals surface area contributed by atoms with Crippen LogP contribution in [0.25, 0.3) is 6.08 Å². The van der Waals surface area contributed by atoms with E-state index in [1.54, 1.807) is 26.0 Å². The van der Waals surface area contributed by atoms with E-state index in [-0.39, 0.29) is 43.5 Å². The van der Waals surface area contributed by atoms with E-state index in [1.807, 2.05) is 22.6 Å². The summed E-state index contributed by atoms with van der Waals surface area (Å²) in [6, 6.07) is 8.30. The van der Waals surface area contributed by atoms with Gasteiger partial charge in [0.15, 0.2) is 11.5 Å². The highest BCUT2D eigenvalue weighted by atomic mass is 127. The van der Waals surface area contributed by atoms with E-state index in [2.05, 4.69) is 5.32 Å². The predicted octanol–water partition coefficient (Wildman–Crippen LogP) is 7.04. The number of nitrogens with zero attached hydrogens (tertiary/aromatic N) is 2. The molecule has 0 radical (unpaired) electrons. The molecule has 42 heavy (non-hydrogen) atoms. The van der Waals surface area contributed by atoms with Crippen LogP contribution in [-0.4, -0.2) is 29.4 Å². The standard InChI is InChI=1S/C27H18ClF3IN3O7/c1-3-41-22-10-14(8-17-24(36)33-26(38)34(25(17)37)19-12-16(28)6-4-13(19)2)9-18(32)23(22)42-21-7-5-15(27(29,30)31)11-20(21)35(39)40/h4-12H,3H2,1-2H3,(H,33,36,38)/b17-8+. The third-order valence-corrected chi connectivity index (χ3v) is 6.89. The summed E-state index contributed by atoms with van der Waals surface area (Å²) in [5, 5.41) is 13.9. The normalized spacial score (nSPS) is 14.7. The van der Waals surface area contributed by atoms with E-state index < -0.39 is 45.9 Å². The van der Waals surface area contributed by atoms with Gasteiger partial charge in [-0.25, -0.2) is 9.69 Å². The van der Waals surface area contributed by atoms with E-state index in [1.165, 1.54) is 24.3 Å². The second kappa shape index (κ2) is 12.0. The fourth-order valence-electron chi connectivity index (χ4n) is 3.93. The Bertz CT molecular complexity index is 1680. The molecule has 0 spiro atoms. The van der Waals surface area contributed by atoms with Gasteiger partial charge in [0, 0.05) is 11.1 Å². The Labute approximate surface area is 254 Å². The number of hydrogen-bond donors (Lipinski definition) is 1. The fourth-order valence-corrected chi connectivity index (χ4v) is 4.83. The molecular formula is C27H18ClF3IN3O7. The Morgan fingerprint density at radius 3 is 2.45 bits per heavy atom. The number of ether oxygens (including phenoxy) is 2. The number of anilines is 1. The lowest BCUT2D eigenvalue weighted by atomic mass is 10.1. The maximum atomic E-state index is 13.3. The van der Waals surface area contributed by atoms with Gasteiger partial charge in [-0.15, -0.1) is 0 Å². The summed E-state index contributed by atoms with van der Waals surface area (Å²) in [6.07, 6.45) is -3.59. The first kappa shape index (κ1) is 30.8. The van der Waals surface area contributed by atoms with Crippen LogP contribution >= 0.6 is 34.2 Å². The third kappa shape index (κ3) is 6.33. The van der Waals surface area contributed by atoms with Crippen molar-refractivity contribution in [1.82, 2.24) is 5.32 Å². The highest BCUT2D eigenvalue weighted by molar-refractivity contribution is 14.1. The molecule has 0 unspecified atom stereocenters. The van der Waals surface area contributed by atoms with Gasteiger partial charge in [0.25, 0.3) is 11.8 Å². The van der Waals surface area contributed by atoms with Crippen molar-refractivity contribution in [3.8, 4) is 17.2 Å². The van der Waals surface area contributed by atoms with Crippen molar-refractivity contribution < 1.29 is 42.0 Å². The van der Waals surface area contributed by atoms with Crippen molar-refractivity contribution >= 4 is 69.5 Å². The summed E-state index contributed by atoms with van der Waals surface area (Å²) in [4.78, 5) is 49.9. The zero-order valence-corrected chi connectivity index (χ0v) is 24.5. The number of rotatable bonds is 7. The predicted molar refractivity (Wildman–Crippen MR) is 154 cm³/mol. The summed E-state index contributed by atoms with van der Waals surface area (Å²) >= 11 is 7.86. The second-order valence-electron chi connectivity index (χ2n) is 8.69. The molecule has 0 aromatic heterocycles. The summed E-state index contributed by atoms with van der Waals surface area (Å²) in [6.45, 7) is 3.39. The number of alkyl halides is 3. The molecule has 4 rings (SSSR count). The van der Waals surface area contributed by atoms with E-state index in [0.29, 0.717) is 17.7 Å². The SMILES string of the molecule is CCOc1cc(/C=C2\C(=O)NC(=O)N(c3cc(Cl)ccc3C)C2=O)cc(I)c1Oc1ccc(C(F)(F)F)cc1[N+](=O)[O-]. The Hall–Kier alpha value is -4.18. The van der Waals surface area contributed by atoms with Crippen molar-refractivity contribution in [2.45, 2.75) is 20.0 Å². The minimum absolute atomic E-state index is 0.0210. The number of nitro benzene ring substituents is 1. The van der Waals surface area contributed by atoms with Crippen LogP contribution in [0.5, 0.6) is 17.2 Å². The van der Waals surface area contributed by atoms with Crippen LogP contribution in [0.3, 0.4) is 0 Å². The van der Waals surface area contributed by atoms with Gasteiger partial charge in [-0.2, -0.15) is 13.2 Å². The number of carbonyl (C=O) groups is 3. The van der Waals surface area contributed by atoms with Gasteiger partial charge >= 0.3 is 17.9 Å². The maximum Gasteiger partial charge on any atom is 0.416 e. The zero-order chi connectivity index (χ0) is 30.9. The van der Waals surface area contributed by atoms with Crippen LogP contribution in [0.15, 0.2) is 54.1 Å². The Balaban J connectivity index is 1.76. The number of urea groups is 1. The van der Waals surface area contributed by atoms with Gasteiger partial charge in [-0.1, -0.05) is 17.7 Å². The van der Waals surface area contributed by atoms with Crippen molar-refractivity contribution in [3.05, 3.63) is 89.5 Å². The topological polar surface area (TPSA) is 128 Å². The van der Waals surface area contributed by atoms with Crippen molar-refractivity contribution in [3.63, 3.8) is 0 Å². The Morgan fingerprint density at radius 1 is 1.10 bits per heavy atom. The number of carbonyl (C=O) groups excluding carboxylic acids is 3. The average molecular weight is 716 g/mol. The molecule has 1 aliphatic rings. The van der Waals surface area contributed by atoms with Crippen molar-refractivity contribution in [2.24, 2.45) is 0 Å². The first-order valence-electron chi connectivity index (χ1n) is 11.9. The van der Waals surface area contributed by atoms with Crippen LogP contribution in [-0.2, 0) is 15.8 Å². The smallest absolute Gasteiger partial charge is 0.416 e. The van der Waals surface area contributed by atoms with Crippen LogP contribution in [0.1, 0.15) is 23.6 Å². The van der Waals surface area contributed by atoms with E-state index in [9.17, 15) is 37.7 Å². The number of nitrogens with one attached hydrogen (secondary N) is 1. The van der Waals surface area contributed by atoms with Gasteiger partial charge in [0.1, 0.15) is 5.57 Å². The largest absolute Gasteiger partial charge is 0.490 e. The molecular weight excluding hydrogens is 698 g/mol. The quantitative estimate of drug-likeness (QED) is 0.0914. The summed E-state index contributed by atoms with van der Waals surface area (Å²) in [5.41, 5.74) is -1.55. The molecule has 0 atom stereocenters. The monoisotopic (exact) mass is 715 g/mol. The Kier molecular flexibility index (Phi) is 8.77. The number of aryl methyl sites for hydroxylation is 1. The van der Waals surface area contributed by atoms with Gasteiger partial charge in [-0.3, -0.25) is 25.0 Å². The minimum atomic E-state index is -4.81. The molecule has 0 bridgehead atoms. The van der Waals surface area contributed by atoms with Gasteiger partial charge < -0.3 is 9.47 Å². The lowest BCUT2D eigenvalue weighted by molar-refractivity contribution is -0.385. The molecule has 1 N–H and O–H groups in total. The molecule has 3 aromatic rings. The fraction of sp³-hybridized carbons (Fsp3) is 0.148. The first-order chi connectivity index (χ1) is 19.7. The average Bonchev–Trinajstić information content (AvgIpc) is 2.90. The van der Waals surface area contributed by atoms with E-state index in [0.717, 1.165) is 11.0 Å². The van der Waals surface area contributed by atoms with Gasteiger partial charge in [0.2, 0.25) is 5.75 Å². The highest BCUT2D eigenvalue weighted by Gasteiger charge is 2.38. The third-order valence-electron chi connectivity index (χ3n) is 5.85. The molecule has 0 aliphatic carbocycles. The first-order valence-corrected chi connectivity index (χ1v) is 13.3. The zero-order valence-electron chi connectivity index (χ0n) is 21.5. The number of hydrogen-bond acceptors (Lipinski definition) is 7. The second-order valence-corrected chi connectivity index (χ2v) is 10.3. The summed E-state index contributed by atoms with van der Waals surface area (Å²) in [7, 11) is 0. The Morgan fingerprint density at radius 2 is 1.81 bits per heavy atom. The van der Waals surface area contributed by atoms with Crippen LogP contribution < -0.4 is 19.7 Å². The summed E-state index contributed by atoms with van der Waals surface area (Å²) in [5.74, 6) is -2.36. The van der Waals surface area contributed by atoms with Crippen LogP contribution in [0, 0.1) is 20.6 Å². The van der Waals surface area contributed by atoms with Crippen molar-refractivity contribution in [2.75, 3.05) is 11.5 Å². The molecule has 4 amide bonds. The molecule has 1 heterocycles. The van der Waals surface area contributed by atoms with Crippen LogP contribution in [0.4, 0.5) is 29.3 Å². The number of amides is 4. The number of halogens is 5. The molecule has 1 saturated heterocycles. The van der Waals surface area contributed by atoms with E-state index >= 15 is 0 Å². The van der Waals surface area contributed by atoms with E-state index in [4.69, 9.17) is 21.1 Å². The lowest BCUT2D eigenvalue weighted by Gasteiger charge is -2.27.